The van der Waals surface area contributed by atoms with Crippen LogP contribution in [-0.4, -0.2) is 110 Å². The minimum Gasteiger partial charge on any atom is -0.482 e. The maximum Gasteiger partial charge on any atom is 0.197 e. The molecule has 0 spiro atoms. The van der Waals surface area contributed by atoms with Gasteiger partial charge in [0.15, 0.2) is 18.7 Å². The molecule has 0 aliphatic carbocycles. The van der Waals surface area contributed by atoms with Crippen LogP contribution in [0.3, 0.4) is 0 Å². The largest absolute Gasteiger partial charge is 0.482 e. The van der Waals surface area contributed by atoms with Crippen LogP contribution in [0.1, 0.15) is 22.6 Å². The van der Waals surface area contributed by atoms with E-state index in [0.717, 1.165) is 16.7 Å². The summed E-state index contributed by atoms with van der Waals surface area (Å²) in [7, 11) is 0. The van der Waals surface area contributed by atoms with Crippen molar-refractivity contribution in [2.75, 3.05) is 13.2 Å². The third-order valence-corrected chi connectivity index (χ3v) is 7.70. The molecule has 0 bridgehead atoms. The monoisotopic (exact) mass is 584 g/mol. The summed E-state index contributed by atoms with van der Waals surface area (Å²) in [5.41, 5.74) is 2.76. The van der Waals surface area contributed by atoms with Gasteiger partial charge in [0, 0.05) is 11.5 Å². The molecular formula is C31H36O11. The first kappa shape index (κ1) is 30.5. The molecule has 2 fully saturated rings. The van der Waals surface area contributed by atoms with Crippen LogP contribution < -0.4 is 4.74 Å². The molecule has 7 N–H and O–H groups in total. The maximum absolute atomic E-state index is 11.1. The Morgan fingerprint density at radius 1 is 0.619 bits per heavy atom. The molecule has 0 radical (unpaired) electrons. The van der Waals surface area contributed by atoms with E-state index in [1.807, 2.05) is 72.8 Å². The van der Waals surface area contributed by atoms with Crippen molar-refractivity contribution in [1.29, 1.82) is 0 Å². The molecule has 3 aromatic carbocycles. The van der Waals surface area contributed by atoms with Crippen molar-refractivity contribution in [3.8, 4) is 5.75 Å². The van der Waals surface area contributed by atoms with E-state index in [9.17, 15) is 35.7 Å². The van der Waals surface area contributed by atoms with Gasteiger partial charge in [-0.15, -0.1) is 0 Å². The second kappa shape index (κ2) is 13.6. The van der Waals surface area contributed by atoms with Crippen molar-refractivity contribution >= 4 is 0 Å². The number of hydrogen-bond acceptors (Lipinski definition) is 11. The normalized spacial score (nSPS) is 33.4. The van der Waals surface area contributed by atoms with E-state index in [0.29, 0.717) is 5.75 Å². The third kappa shape index (κ3) is 6.36. The van der Waals surface area contributed by atoms with Gasteiger partial charge in [-0.3, -0.25) is 0 Å². The molecule has 0 amide bonds. The number of ether oxygens (including phenoxy) is 4. The van der Waals surface area contributed by atoms with Crippen molar-refractivity contribution in [2.24, 2.45) is 0 Å². The highest BCUT2D eigenvalue weighted by atomic mass is 16.7. The van der Waals surface area contributed by atoms with E-state index >= 15 is 0 Å². The highest BCUT2D eigenvalue weighted by molar-refractivity contribution is 5.49. The first-order chi connectivity index (χ1) is 20.3. The third-order valence-electron chi connectivity index (χ3n) is 7.70. The quantitative estimate of drug-likeness (QED) is 0.167. The Morgan fingerprint density at radius 2 is 1.19 bits per heavy atom. The van der Waals surface area contributed by atoms with Gasteiger partial charge in [0.25, 0.3) is 0 Å². The Bertz CT molecular complexity index is 1220. The zero-order valence-electron chi connectivity index (χ0n) is 22.6. The van der Waals surface area contributed by atoms with E-state index in [-0.39, 0.29) is 5.92 Å². The van der Waals surface area contributed by atoms with Gasteiger partial charge in [-0.05, 0) is 17.2 Å². The van der Waals surface area contributed by atoms with Crippen molar-refractivity contribution < 1.29 is 54.7 Å². The molecule has 11 heteroatoms. The van der Waals surface area contributed by atoms with Crippen LogP contribution in [0.5, 0.6) is 5.75 Å². The molecule has 11 nitrogen and oxygen atoms in total. The Hall–Kier alpha value is -2.94. The second-order valence-corrected chi connectivity index (χ2v) is 10.5. The summed E-state index contributed by atoms with van der Waals surface area (Å²) in [6, 6.07) is 26.9. The van der Waals surface area contributed by atoms with Gasteiger partial charge in [0.1, 0.15) is 48.5 Å². The summed E-state index contributed by atoms with van der Waals surface area (Å²) >= 11 is 0. The molecule has 5 rings (SSSR count). The molecule has 2 heterocycles. The number of aliphatic hydroxyl groups excluding tert-OH is 7. The van der Waals surface area contributed by atoms with Gasteiger partial charge < -0.3 is 54.7 Å². The Morgan fingerprint density at radius 3 is 1.81 bits per heavy atom. The first-order valence-corrected chi connectivity index (χ1v) is 13.8. The van der Waals surface area contributed by atoms with Gasteiger partial charge in [-0.2, -0.15) is 0 Å². The fourth-order valence-electron chi connectivity index (χ4n) is 5.39. The van der Waals surface area contributed by atoms with Gasteiger partial charge in [0.2, 0.25) is 0 Å². The van der Waals surface area contributed by atoms with Crippen LogP contribution in [0.25, 0.3) is 0 Å². The number of benzene rings is 3. The average molecular weight is 585 g/mol. The molecule has 2 aliphatic heterocycles. The van der Waals surface area contributed by atoms with Crippen molar-refractivity contribution in [3.05, 3.63) is 102 Å². The SMILES string of the molecule is OC[C@H]1O[C@@H](OC[C@H]2O[C@@H](O)[C@H](O)[C@@H](O)[C@@H]2O)[C@H](Oc2ccccc2C(c2ccccc2)c2ccccc2)[C@@H](O)[C@@H]1O. The van der Waals surface area contributed by atoms with Crippen LogP contribution in [0.4, 0.5) is 0 Å². The molecule has 42 heavy (non-hydrogen) atoms. The lowest BCUT2D eigenvalue weighted by Gasteiger charge is -2.43. The average Bonchev–Trinajstić information content (AvgIpc) is 3.02. The highest BCUT2D eigenvalue weighted by Gasteiger charge is 2.48. The lowest BCUT2D eigenvalue weighted by molar-refractivity contribution is -0.322. The fraction of sp³-hybridized carbons (Fsp3) is 0.419. The molecule has 2 saturated heterocycles. The number of hydrogen-bond donors (Lipinski definition) is 7. The van der Waals surface area contributed by atoms with Crippen LogP contribution in [0.15, 0.2) is 84.9 Å². The second-order valence-electron chi connectivity index (χ2n) is 10.5. The summed E-state index contributed by atoms with van der Waals surface area (Å²) in [4.78, 5) is 0. The lowest BCUT2D eigenvalue weighted by atomic mass is 9.84. The topological polar surface area (TPSA) is 179 Å². The molecular weight excluding hydrogens is 548 g/mol. The Kier molecular flexibility index (Phi) is 9.86. The summed E-state index contributed by atoms with van der Waals surface area (Å²) in [6.07, 6.45) is -15.0. The number of aliphatic hydroxyl groups is 7. The molecule has 3 aromatic rings. The Labute approximate surface area is 242 Å². The summed E-state index contributed by atoms with van der Waals surface area (Å²) in [6.45, 7) is -1.08. The minimum absolute atomic E-state index is 0.250. The lowest BCUT2D eigenvalue weighted by Crippen LogP contribution is -2.62. The molecule has 0 saturated carbocycles. The van der Waals surface area contributed by atoms with Crippen LogP contribution in [0, 0.1) is 0 Å². The smallest absolute Gasteiger partial charge is 0.197 e. The van der Waals surface area contributed by atoms with Gasteiger partial charge in [-0.25, -0.2) is 0 Å². The number of rotatable bonds is 9. The molecule has 0 aromatic heterocycles. The Balaban J connectivity index is 1.44. The summed E-state index contributed by atoms with van der Waals surface area (Å²) < 4.78 is 23.1. The van der Waals surface area contributed by atoms with E-state index in [1.54, 1.807) is 12.1 Å². The fourth-order valence-corrected chi connectivity index (χ4v) is 5.39. The maximum atomic E-state index is 11.1. The highest BCUT2D eigenvalue weighted by Crippen LogP contribution is 2.39. The standard InChI is InChI=1S/C31H36O11/c32-15-21-24(33)27(36)29(31(42-21)39-16-22-25(34)26(35)28(37)30(38)41-22)40-20-14-8-7-13-19(20)23(17-9-3-1-4-10-17)18-11-5-2-6-12-18/h1-14,21-38H,15-16H2/t21-,22-,24-,25-,26+,27+,28-,29-,30-,31-/m1/s1. The van der Waals surface area contributed by atoms with Crippen molar-refractivity contribution in [2.45, 2.75) is 67.3 Å². The summed E-state index contributed by atoms with van der Waals surface area (Å²) in [5.74, 6) is 0.133. The zero-order valence-corrected chi connectivity index (χ0v) is 22.6. The van der Waals surface area contributed by atoms with E-state index < -0.39 is 74.6 Å². The molecule has 226 valence electrons. The predicted octanol–water partition coefficient (Wildman–Crippen LogP) is -0.130. The number of para-hydroxylation sites is 1. The first-order valence-electron chi connectivity index (χ1n) is 13.8. The van der Waals surface area contributed by atoms with Gasteiger partial charge in [-0.1, -0.05) is 78.9 Å². The van der Waals surface area contributed by atoms with E-state index in [1.165, 1.54) is 0 Å². The van der Waals surface area contributed by atoms with Crippen molar-refractivity contribution in [3.63, 3.8) is 0 Å². The van der Waals surface area contributed by atoms with Gasteiger partial charge >= 0.3 is 0 Å². The van der Waals surface area contributed by atoms with Gasteiger partial charge in [0.05, 0.1) is 13.2 Å². The van der Waals surface area contributed by atoms with E-state index in [4.69, 9.17) is 18.9 Å². The predicted molar refractivity (Wildman–Crippen MR) is 147 cm³/mol. The van der Waals surface area contributed by atoms with Crippen LogP contribution >= 0.6 is 0 Å². The molecule has 0 unspecified atom stereocenters. The zero-order chi connectivity index (χ0) is 29.8. The summed E-state index contributed by atoms with van der Waals surface area (Å²) in [5, 5.41) is 71.5. The minimum atomic E-state index is -1.77. The molecule has 10 atom stereocenters. The van der Waals surface area contributed by atoms with Crippen LogP contribution in [0.2, 0.25) is 0 Å². The van der Waals surface area contributed by atoms with E-state index in [2.05, 4.69) is 0 Å². The molecule has 2 aliphatic rings. The van der Waals surface area contributed by atoms with Crippen molar-refractivity contribution in [1.82, 2.24) is 0 Å². The van der Waals surface area contributed by atoms with Crippen LogP contribution in [-0.2, 0) is 14.2 Å².